The van der Waals surface area contributed by atoms with E-state index in [0.717, 1.165) is 22.3 Å². The first-order valence-corrected chi connectivity index (χ1v) is 11.2. The largest absolute Gasteiger partial charge is 0.417 e. The number of isocyanates is 2. The lowest BCUT2D eigenvalue weighted by atomic mass is 9.89. The molecule has 2 aromatic carbocycles. The van der Waals surface area contributed by atoms with Crippen LogP contribution in [0.4, 0.5) is 0 Å². The summed E-state index contributed by atoms with van der Waals surface area (Å²) in [6.45, 7) is 14.6. The van der Waals surface area contributed by atoms with Gasteiger partial charge in [0.25, 0.3) is 12.5 Å². The number of carbonyl (C=O) groups excluding carboxylic acids is 2. The van der Waals surface area contributed by atoms with E-state index in [1.165, 1.54) is 0 Å². The summed E-state index contributed by atoms with van der Waals surface area (Å²) in [4.78, 5) is 28.3. The Bertz CT molecular complexity index is 1220. The summed E-state index contributed by atoms with van der Waals surface area (Å²) < 4.78 is 10.0. The van der Waals surface area contributed by atoms with E-state index in [1.54, 1.807) is 24.7 Å². The van der Waals surface area contributed by atoms with E-state index in [-0.39, 0.29) is 0 Å². The van der Waals surface area contributed by atoms with E-state index in [9.17, 15) is 9.59 Å². The van der Waals surface area contributed by atoms with Crippen LogP contribution in [-0.2, 0) is 41.3 Å². The Labute approximate surface area is 212 Å². The molecule has 0 aliphatic heterocycles. The average molecular weight is 489 g/mol. The first-order valence-electron chi connectivity index (χ1n) is 11.2. The van der Waals surface area contributed by atoms with Gasteiger partial charge in [0.05, 0.1) is 11.1 Å². The summed E-state index contributed by atoms with van der Waals surface area (Å²) in [5, 5.41) is 17.2. The molecule has 0 heterocycles. The average Bonchev–Trinajstić information content (AvgIpc) is 2.80. The lowest BCUT2D eigenvalue weighted by molar-refractivity contribution is 0.0698. The van der Waals surface area contributed by atoms with E-state index in [2.05, 4.69) is 9.98 Å². The van der Waals surface area contributed by atoms with Crippen molar-refractivity contribution in [1.29, 1.82) is 10.5 Å². The maximum absolute atomic E-state index is 10.4. The summed E-state index contributed by atoms with van der Waals surface area (Å²) in [5.74, 6) is 0. The summed E-state index contributed by atoms with van der Waals surface area (Å²) in [6, 6.07) is 15.0. The summed E-state index contributed by atoms with van der Waals surface area (Å²) >= 11 is 0. The fourth-order valence-electron chi connectivity index (χ4n) is 3.26. The van der Waals surface area contributed by atoms with Crippen LogP contribution < -0.4 is 0 Å². The molecular weight excluding hydrogens is 456 g/mol. The number of nitriles is 2. The lowest BCUT2D eigenvalue weighted by Gasteiger charge is -2.25. The number of hydrogen-bond donors (Lipinski definition) is 0. The first kappa shape index (κ1) is 29.8. The van der Waals surface area contributed by atoms with Crippen molar-refractivity contribution < 1.29 is 19.1 Å². The molecule has 8 nitrogen and oxygen atoms in total. The molecule has 0 saturated heterocycles. The molecule has 0 saturated carbocycles. The number of benzene rings is 2. The molecule has 0 bridgehead atoms. The van der Waals surface area contributed by atoms with Crippen LogP contribution in [0, 0.1) is 23.0 Å². The standard InChI is InChI=1S/2C14H16N2O2/c1-13(2,16-10-17)11-5-7-12(8-6-11)14(3,4)18-9-15;1-13(2,16-10-17)11-6-5-7-12(8-11)14(3,4)18-9-15/h2*5-8H,1-4H3. The zero-order valence-corrected chi connectivity index (χ0v) is 22.0. The normalized spacial score (nSPS) is 11.3. The van der Waals surface area contributed by atoms with E-state index in [4.69, 9.17) is 20.0 Å². The Morgan fingerprint density at radius 2 is 1.00 bits per heavy atom. The van der Waals surface area contributed by atoms with Crippen molar-refractivity contribution >= 4 is 12.2 Å². The van der Waals surface area contributed by atoms with Crippen molar-refractivity contribution in [2.24, 2.45) is 9.98 Å². The van der Waals surface area contributed by atoms with Crippen molar-refractivity contribution in [3.63, 3.8) is 0 Å². The van der Waals surface area contributed by atoms with Gasteiger partial charge < -0.3 is 9.47 Å². The Hall–Kier alpha value is -4.22. The van der Waals surface area contributed by atoms with Crippen molar-refractivity contribution in [2.75, 3.05) is 0 Å². The molecule has 0 spiro atoms. The highest BCUT2D eigenvalue weighted by molar-refractivity contribution is 5.39. The van der Waals surface area contributed by atoms with Gasteiger partial charge in [0.2, 0.25) is 12.2 Å². The van der Waals surface area contributed by atoms with Gasteiger partial charge in [-0.25, -0.2) is 9.59 Å². The predicted molar refractivity (Wildman–Crippen MR) is 135 cm³/mol. The zero-order chi connectivity index (χ0) is 27.6. The summed E-state index contributed by atoms with van der Waals surface area (Å²) in [6.07, 6.45) is 6.57. The SMILES string of the molecule is CC(C)(N=C=O)c1ccc(C(C)(C)OC#N)cc1.CC(C)(N=C=O)c1cccc(C(C)(C)OC#N)c1. The van der Waals surface area contributed by atoms with Crippen LogP contribution in [0.2, 0.25) is 0 Å². The van der Waals surface area contributed by atoms with Crippen LogP contribution in [0.15, 0.2) is 58.5 Å². The number of rotatable bonds is 8. The molecule has 2 aromatic rings. The van der Waals surface area contributed by atoms with E-state index in [1.807, 2.05) is 104 Å². The third-order valence-corrected chi connectivity index (χ3v) is 5.80. The van der Waals surface area contributed by atoms with Gasteiger partial charge in [-0.15, -0.1) is 0 Å². The molecule has 36 heavy (non-hydrogen) atoms. The van der Waals surface area contributed by atoms with Gasteiger partial charge >= 0.3 is 0 Å². The highest BCUT2D eigenvalue weighted by Crippen LogP contribution is 2.31. The predicted octanol–water partition coefficient (Wildman–Crippen LogP) is 5.98. The molecule has 0 N–H and O–H groups in total. The molecule has 0 unspecified atom stereocenters. The topological polar surface area (TPSA) is 125 Å². The van der Waals surface area contributed by atoms with Crippen LogP contribution in [0.1, 0.15) is 77.6 Å². The fraction of sp³-hybridized carbons (Fsp3) is 0.429. The lowest BCUT2D eigenvalue weighted by Crippen LogP contribution is -2.21. The Kier molecular flexibility index (Phi) is 9.90. The number of ether oxygens (including phenoxy) is 2. The van der Waals surface area contributed by atoms with Crippen LogP contribution >= 0.6 is 0 Å². The molecule has 0 aromatic heterocycles. The smallest absolute Gasteiger partial charge is 0.287 e. The van der Waals surface area contributed by atoms with Gasteiger partial charge in [-0.1, -0.05) is 42.5 Å². The highest BCUT2D eigenvalue weighted by atomic mass is 16.5. The minimum atomic E-state index is -0.703. The zero-order valence-electron chi connectivity index (χ0n) is 22.0. The van der Waals surface area contributed by atoms with Gasteiger partial charge in [0.1, 0.15) is 11.2 Å². The van der Waals surface area contributed by atoms with E-state index < -0.39 is 22.3 Å². The van der Waals surface area contributed by atoms with Crippen LogP contribution in [0.25, 0.3) is 0 Å². The summed E-state index contributed by atoms with van der Waals surface area (Å²) in [5.41, 5.74) is 0.924. The monoisotopic (exact) mass is 488 g/mol. The third-order valence-electron chi connectivity index (χ3n) is 5.80. The molecule has 2 rings (SSSR count). The first-order chi connectivity index (χ1) is 16.7. The van der Waals surface area contributed by atoms with Crippen molar-refractivity contribution in [2.45, 2.75) is 77.7 Å². The second-order valence-electron chi connectivity index (χ2n) is 10.1. The Balaban J connectivity index is 0.000000360. The molecule has 0 atom stereocenters. The molecule has 0 radical (unpaired) electrons. The minimum Gasteiger partial charge on any atom is -0.417 e. The van der Waals surface area contributed by atoms with Gasteiger partial charge in [-0.2, -0.15) is 20.5 Å². The second kappa shape index (κ2) is 12.0. The van der Waals surface area contributed by atoms with Crippen molar-refractivity contribution in [3.05, 3.63) is 70.8 Å². The quantitative estimate of drug-likeness (QED) is 0.256. The van der Waals surface area contributed by atoms with Gasteiger partial charge in [-0.3, -0.25) is 0 Å². The molecule has 0 fully saturated rings. The van der Waals surface area contributed by atoms with Crippen LogP contribution in [0.3, 0.4) is 0 Å². The van der Waals surface area contributed by atoms with Gasteiger partial charge in [0.15, 0.2) is 0 Å². The Morgan fingerprint density at radius 1 is 0.611 bits per heavy atom. The summed E-state index contributed by atoms with van der Waals surface area (Å²) in [7, 11) is 0. The molecule has 0 aliphatic rings. The van der Waals surface area contributed by atoms with Crippen molar-refractivity contribution in [3.8, 4) is 12.5 Å². The molecule has 188 valence electrons. The number of aliphatic imine (C=N–C) groups is 2. The van der Waals surface area contributed by atoms with Gasteiger partial charge in [-0.05, 0) is 83.7 Å². The highest BCUT2D eigenvalue weighted by Gasteiger charge is 2.26. The van der Waals surface area contributed by atoms with E-state index >= 15 is 0 Å². The molecular formula is C28H32N4O4. The third kappa shape index (κ3) is 7.93. The Morgan fingerprint density at radius 3 is 1.44 bits per heavy atom. The van der Waals surface area contributed by atoms with Gasteiger partial charge in [0, 0.05) is 0 Å². The fourth-order valence-corrected chi connectivity index (χ4v) is 3.26. The maximum Gasteiger partial charge on any atom is 0.287 e. The molecule has 8 heteroatoms. The second-order valence-corrected chi connectivity index (χ2v) is 10.1. The molecule has 0 amide bonds. The number of nitrogens with zero attached hydrogens (tertiary/aromatic N) is 4. The minimum absolute atomic E-state index is 0.597. The number of hydrogen-bond acceptors (Lipinski definition) is 8. The van der Waals surface area contributed by atoms with Crippen LogP contribution in [-0.4, -0.2) is 12.2 Å². The van der Waals surface area contributed by atoms with E-state index in [0.29, 0.717) is 0 Å². The van der Waals surface area contributed by atoms with Crippen LogP contribution in [0.5, 0.6) is 0 Å². The van der Waals surface area contributed by atoms with Crippen molar-refractivity contribution in [1.82, 2.24) is 0 Å². The molecule has 0 aliphatic carbocycles. The maximum atomic E-state index is 10.4.